The van der Waals surface area contributed by atoms with Crippen molar-refractivity contribution in [2.45, 2.75) is 51.0 Å². The largest absolute Gasteiger partial charge is 0.375 e. The fraction of sp³-hybridized carbons (Fsp3) is 0.944. The number of hydrogen-bond acceptors (Lipinski definition) is 3. The van der Waals surface area contributed by atoms with Gasteiger partial charge in [0.15, 0.2) is 0 Å². The Morgan fingerprint density at radius 3 is 2.59 bits per heavy atom. The summed E-state index contributed by atoms with van der Waals surface area (Å²) in [6, 6.07) is 0. The fourth-order valence-electron chi connectivity index (χ4n) is 4.58. The van der Waals surface area contributed by atoms with Gasteiger partial charge in [-0.15, -0.1) is 0 Å². The molecule has 0 unspecified atom stereocenters. The monoisotopic (exact) mass is 306 g/mol. The lowest BCUT2D eigenvalue weighted by Gasteiger charge is -2.27. The van der Waals surface area contributed by atoms with E-state index in [4.69, 9.17) is 4.74 Å². The maximum Gasteiger partial charge on any atom is 0.225 e. The molecular formula is C18H30N2O2. The Morgan fingerprint density at radius 1 is 1.00 bits per heavy atom. The lowest BCUT2D eigenvalue weighted by Crippen LogP contribution is -2.37. The summed E-state index contributed by atoms with van der Waals surface area (Å²) in [7, 11) is 0. The third-order valence-electron chi connectivity index (χ3n) is 6.09. The van der Waals surface area contributed by atoms with Crippen LogP contribution in [0.25, 0.3) is 0 Å². The Balaban J connectivity index is 1.34. The van der Waals surface area contributed by atoms with E-state index < -0.39 is 0 Å². The van der Waals surface area contributed by atoms with Gasteiger partial charge in [-0.3, -0.25) is 4.79 Å². The molecule has 4 nitrogen and oxygen atoms in total. The van der Waals surface area contributed by atoms with Gasteiger partial charge < -0.3 is 14.5 Å². The summed E-state index contributed by atoms with van der Waals surface area (Å²) in [4.78, 5) is 17.5. The van der Waals surface area contributed by atoms with E-state index in [2.05, 4.69) is 9.80 Å². The van der Waals surface area contributed by atoms with Crippen LogP contribution in [0.4, 0.5) is 0 Å². The third-order valence-corrected chi connectivity index (χ3v) is 6.09. The summed E-state index contributed by atoms with van der Waals surface area (Å²) in [6.07, 6.45) is 9.13. The highest BCUT2D eigenvalue weighted by Gasteiger charge is 2.40. The van der Waals surface area contributed by atoms with E-state index in [1.165, 1.54) is 38.6 Å². The van der Waals surface area contributed by atoms with Gasteiger partial charge >= 0.3 is 0 Å². The molecule has 2 saturated heterocycles. The van der Waals surface area contributed by atoms with E-state index in [0.29, 0.717) is 17.7 Å². The zero-order valence-electron chi connectivity index (χ0n) is 13.7. The first kappa shape index (κ1) is 14.9. The number of nitrogens with zero attached hydrogens (tertiary/aromatic N) is 2. The number of rotatable bonds is 3. The SMILES string of the molecule is O=C(C1CCCCC1)N1C[C@H]2CN(CC3CC3)CCO[C@H]2C1. The number of amides is 1. The molecule has 2 atom stereocenters. The first-order valence-electron chi connectivity index (χ1n) is 9.42. The van der Waals surface area contributed by atoms with Crippen molar-refractivity contribution in [1.82, 2.24) is 9.80 Å². The molecule has 0 N–H and O–H groups in total. The first-order valence-corrected chi connectivity index (χ1v) is 9.42. The highest BCUT2D eigenvalue weighted by atomic mass is 16.5. The molecule has 4 rings (SSSR count). The molecule has 0 radical (unpaired) electrons. The van der Waals surface area contributed by atoms with Crippen molar-refractivity contribution >= 4 is 5.91 Å². The molecule has 0 aromatic carbocycles. The van der Waals surface area contributed by atoms with E-state index in [9.17, 15) is 4.79 Å². The predicted molar refractivity (Wildman–Crippen MR) is 85.5 cm³/mol. The van der Waals surface area contributed by atoms with Gasteiger partial charge in [-0.25, -0.2) is 0 Å². The molecule has 0 spiro atoms. The van der Waals surface area contributed by atoms with Gasteiger partial charge in [-0.2, -0.15) is 0 Å². The molecule has 2 saturated carbocycles. The fourth-order valence-corrected chi connectivity index (χ4v) is 4.58. The zero-order chi connectivity index (χ0) is 14.9. The van der Waals surface area contributed by atoms with Crippen LogP contribution in [0.2, 0.25) is 0 Å². The molecule has 2 aliphatic carbocycles. The standard InChI is InChI=1S/C18H30N2O2/c21-18(15-4-2-1-3-5-15)20-12-16-11-19(10-14-6-7-14)8-9-22-17(16)13-20/h14-17H,1-13H2/t16-,17+/m1/s1. The third kappa shape index (κ3) is 3.33. The van der Waals surface area contributed by atoms with Crippen LogP contribution >= 0.6 is 0 Å². The quantitative estimate of drug-likeness (QED) is 0.801. The van der Waals surface area contributed by atoms with Gasteiger partial charge in [0.25, 0.3) is 0 Å². The Hall–Kier alpha value is -0.610. The van der Waals surface area contributed by atoms with Gasteiger partial charge in [-0.1, -0.05) is 19.3 Å². The summed E-state index contributed by atoms with van der Waals surface area (Å²) in [5.41, 5.74) is 0. The highest BCUT2D eigenvalue weighted by Crippen LogP contribution is 2.33. The van der Waals surface area contributed by atoms with Crippen LogP contribution in [0.1, 0.15) is 44.9 Å². The number of fused-ring (bicyclic) bond motifs is 1. The van der Waals surface area contributed by atoms with Crippen LogP contribution in [0.15, 0.2) is 0 Å². The lowest BCUT2D eigenvalue weighted by atomic mass is 9.88. The van der Waals surface area contributed by atoms with Gasteiger partial charge in [0.05, 0.1) is 12.7 Å². The second kappa shape index (κ2) is 6.48. The molecule has 0 aromatic heterocycles. The number of hydrogen-bond donors (Lipinski definition) is 0. The molecule has 124 valence electrons. The minimum absolute atomic E-state index is 0.289. The van der Waals surface area contributed by atoms with Crippen LogP contribution in [-0.4, -0.2) is 61.1 Å². The Labute approximate surface area is 134 Å². The van der Waals surface area contributed by atoms with Crippen LogP contribution in [0.5, 0.6) is 0 Å². The van der Waals surface area contributed by atoms with Gasteiger partial charge in [0.1, 0.15) is 0 Å². The van der Waals surface area contributed by atoms with Crippen LogP contribution in [0, 0.1) is 17.8 Å². The smallest absolute Gasteiger partial charge is 0.225 e. The number of likely N-dealkylation sites (tertiary alicyclic amines) is 1. The van der Waals surface area contributed by atoms with E-state index in [-0.39, 0.29) is 6.10 Å². The molecule has 4 fully saturated rings. The average molecular weight is 306 g/mol. The van der Waals surface area contributed by atoms with Crippen molar-refractivity contribution < 1.29 is 9.53 Å². The van der Waals surface area contributed by atoms with E-state index in [1.807, 2.05) is 0 Å². The molecule has 22 heavy (non-hydrogen) atoms. The molecule has 1 amide bonds. The number of carbonyl (C=O) groups is 1. The zero-order valence-corrected chi connectivity index (χ0v) is 13.7. The molecule has 0 bridgehead atoms. The summed E-state index contributed by atoms with van der Waals surface area (Å²) in [5, 5.41) is 0. The summed E-state index contributed by atoms with van der Waals surface area (Å²) in [6.45, 7) is 6.09. The van der Waals surface area contributed by atoms with Crippen molar-refractivity contribution in [1.29, 1.82) is 0 Å². The number of carbonyl (C=O) groups excluding carboxylic acids is 1. The second-order valence-corrected chi connectivity index (χ2v) is 7.95. The topological polar surface area (TPSA) is 32.8 Å². The highest BCUT2D eigenvalue weighted by molar-refractivity contribution is 5.79. The molecule has 4 aliphatic rings. The van der Waals surface area contributed by atoms with Crippen LogP contribution < -0.4 is 0 Å². The van der Waals surface area contributed by atoms with Crippen molar-refractivity contribution in [3.05, 3.63) is 0 Å². The van der Waals surface area contributed by atoms with E-state index in [0.717, 1.165) is 51.5 Å². The minimum Gasteiger partial charge on any atom is -0.375 e. The van der Waals surface area contributed by atoms with Gasteiger partial charge in [0, 0.05) is 44.6 Å². The first-order chi connectivity index (χ1) is 10.8. The van der Waals surface area contributed by atoms with Crippen LogP contribution in [-0.2, 0) is 9.53 Å². The molecule has 0 aromatic rings. The van der Waals surface area contributed by atoms with Crippen molar-refractivity contribution in [2.24, 2.45) is 17.8 Å². The number of ether oxygens (including phenoxy) is 1. The lowest BCUT2D eigenvalue weighted by molar-refractivity contribution is -0.136. The maximum atomic E-state index is 12.8. The Kier molecular flexibility index (Phi) is 4.40. The Bertz CT molecular complexity index is 404. The minimum atomic E-state index is 0.289. The van der Waals surface area contributed by atoms with E-state index in [1.54, 1.807) is 0 Å². The predicted octanol–water partition coefficient (Wildman–Crippen LogP) is 2.14. The normalized spacial score (nSPS) is 34.5. The van der Waals surface area contributed by atoms with Crippen molar-refractivity contribution in [2.75, 3.05) is 39.3 Å². The maximum absolute atomic E-state index is 12.8. The Morgan fingerprint density at radius 2 is 1.82 bits per heavy atom. The summed E-state index contributed by atoms with van der Waals surface area (Å²) < 4.78 is 6.09. The average Bonchev–Trinajstić information content (AvgIpc) is 3.31. The molecular weight excluding hydrogens is 276 g/mol. The summed E-state index contributed by atoms with van der Waals surface area (Å²) >= 11 is 0. The molecule has 4 heteroatoms. The van der Waals surface area contributed by atoms with Crippen molar-refractivity contribution in [3.8, 4) is 0 Å². The summed E-state index contributed by atoms with van der Waals surface area (Å²) in [5.74, 6) is 2.20. The molecule has 2 heterocycles. The van der Waals surface area contributed by atoms with Crippen LogP contribution in [0.3, 0.4) is 0 Å². The van der Waals surface area contributed by atoms with Crippen molar-refractivity contribution in [3.63, 3.8) is 0 Å². The molecule has 2 aliphatic heterocycles. The van der Waals surface area contributed by atoms with Gasteiger partial charge in [0.2, 0.25) is 5.91 Å². The van der Waals surface area contributed by atoms with Gasteiger partial charge in [-0.05, 0) is 31.6 Å². The van der Waals surface area contributed by atoms with E-state index >= 15 is 0 Å². The second-order valence-electron chi connectivity index (χ2n) is 7.95.